The first kappa shape index (κ1) is 12.7. The van der Waals surface area contributed by atoms with Gasteiger partial charge in [-0.1, -0.05) is 0 Å². The van der Waals surface area contributed by atoms with Crippen molar-refractivity contribution < 1.29 is 19.7 Å². The van der Waals surface area contributed by atoms with Gasteiger partial charge in [0.25, 0.3) is 5.91 Å². The molecule has 3 N–H and O–H groups in total. The average molecular weight is 251 g/mol. The van der Waals surface area contributed by atoms with Crippen LogP contribution in [0.15, 0.2) is 18.2 Å². The Morgan fingerprint density at radius 1 is 1.39 bits per heavy atom. The van der Waals surface area contributed by atoms with E-state index in [1.807, 2.05) is 6.92 Å². The van der Waals surface area contributed by atoms with E-state index in [0.717, 1.165) is 19.4 Å². The summed E-state index contributed by atoms with van der Waals surface area (Å²) in [5.74, 6) is -0.598. The van der Waals surface area contributed by atoms with E-state index in [-0.39, 0.29) is 35.1 Å². The largest absolute Gasteiger partial charge is 0.508 e. The SMILES string of the molecule is CC(NC(=O)c1cc(O)cc(O)c1)C1CCCO1. The first-order valence-corrected chi connectivity index (χ1v) is 6.02. The predicted octanol–water partition coefficient (Wildman–Crippen LogP) is 1.40. The van der Waals surface area contributed by atoms with E-state index < -0.39 is 0 Å². The Balaban J connectivity index is 2.02. The lowest BCUT2D eigenvalue weighted by Gasteiger charge is -2.20. The first-order valence-electron chi connectivity index (χ1n) is 6.02. The number of carbonyl (C=O) groups is 1. The highest BCUT2D eigenvalue weighted by Gasteiger charge is 2.24. The van der Waals surface area contributed by atoms with Gasteiger partial charge in [0.15, 0.2) is 0 Å². The van der Waals surface area contributed by atoms with Crippen LogP contribution in [0.3, 0.4) is 0 Å². The first-order chi connectivity index (χ1) is 8.56. The highest BCUT2D eigenvalue weighted by molar-refractivity contribution is 5.95. The van der Waals surface area contributed by atoms with E-state index in [1.54, 1.807) is 0 Å². The molecule has 98 valence electrons. The van der Waals surface area contributed by atoms with Gasteiger partial charge < -0.3 is 20.3 Å². The Kier molecular flexibility index (Phi) is 3.72. The van der Waals surface area contributed by atoms with E-state index in [2.05, 4.69) is 5.32 Å². The number of hydrogen-bond acceptors (Lipinski definition) is 4. The second-order valence-corrected chi connectivity index (χ2v) is 4.55. The fraction of sp³-hybridized carbons (Fsp3) is 0.462. The van der Waals surface area contributed by atoms with Crippen LogP contribution >= 0.6 is 0 Å². The smallest absolute Gasteiger partial charge is 0.251 e. The normalized spacial score (nSPS) is 20.6. The number of rotatable bonds is 3. The Bertz CT molecular complexity index is 420. The summed E-state index contributed by atoms with van der Waals surface area (Å²) in [7, 11) is 0. The number of phenolic OH excluding ortho intramolecular Hbond substituents is 2. The van der Waals surface area contributed by atoms with Gasteiger partial charge in [0.2, 0.25) is 0 Å². The zero-order valence-corrected chi connectivity index (χ0v) is 10.2. The summed E-state index contributed by atoms with van der Waals surface area (Å²) in [4.78, 5) is 11.9. The Labute approximate surface area is 105 Å². The van der Waals surface area contributed by atoms with Gasteiger partial charge in [-0.2, -0.15) is 0 Å². The molecule has 1 aromatic rings. The fourth-order valence-electron chi connectivity index (χ4n) is 2.11. The van der Waals surface area contributed by atoms with Gasteiger partial charge in [-0.05, 0) is 31.9 Å². The van der Waals surface area contributed by atoms with Crippen LogP contribution < -0.4 is 5.32 Å². The van der Waals surface area contributed by atoms with Crippen LogP contribution in [0.4, 0.5) is 0 Å². The van der Waals surface area contributed by atoms with Gasteiger partial charge in [0.1, 0.15) is 11.5 Å². The van der Waals surface area contributed by atoms with Gasteiger partial charge in [-0.3, -0.25) is 4.79 Å². The molecule has 2 atom stereocenters. The molecule has 1 aromatic carbocycles. The van der Waals surface area contributed by atoms with Gasteiger partial charge in [-0.25, -0.2) is 0 Å². The molecule has 1 aliphatic heterocycles. The lowest BCUT2D eigenvalue weighted by molar-refractivity contribution is 0.0712. The van der Waals surface area contributed by atoms with Crippen LogP contribution in [-0.4, -0.2) is 34.9 Å². The third-order valence-electron chi connectivity index (χ3n) is 3.05. The molecule has 0 saturated carbocycles. The zero-order valence-electron chi connectivity index (χ0n) is 10.2. The Morgan fingerprint density at radius 3 is 2.61 bits per heavy atom. The topological polar surface area (TPSA) is 78.8 Å². The third-order valence-corrected chi connectivity index (χ3v) is 3.05. The molecule has 0 aromatic heterocycles. The lowest BCUT2D eigenvalue weighted by atomic mass is 10.1. The molecule has 1 amide bonds. The number of phenols is 2. The molecule has 1 aliphatic rings. The Hall–Kier alpha value is -1.75. The second kappa shape index (κ2) is 5.27. The second-order valence-electron chi connectivity index (χ2n) is 4.55. The van der Waals surface area contributed by atoms with Crippen molar-refractivity contribution in [1.82, 2.24) is 5.32 Å². The zero-order chi connectivity index (χ0) is 13.1. The maximum Gasteiger partial charge on any atom is 0.251 e. The minimum absolute atomic E-state index is 0.0415. The van der Waals surface area contributed by atoms with Crippen molar-refractivity contribution in [2.24, 2.45) is 0 Å². The van der Waals surface area contributed by atoms with Crippen molar-refractivity contribution in [2.75, 3.05) is 6.61 Å². The van der Waals surface area contributed by atoms with E-state index in [4.69, 9.17) is 4.74 Å². The predicted molar refractivity (Wildman–Crippen MR) is 65.7 cm³/mol. The van der Waals surface area contributed by atoms with Gasteiger partial charge in [0.05, 0.1) is 12.1 Å². The molecule has 1 fully saturated rings. The molecule has 5 nitrogen and oxygen atoms in total. The number of nitrogens with one attached hydrogen (secondary N) is 1. The van der Waals surface area contributed by atoms with E-state index in [0.29, 0.717) is 0 Å². The van der Waals surface area contributed by atoms with Crippen molar-refractivity contribution in [3.8, 4) is 11.5 Å². The summed E-state index contributed by atoms with van der Waals surface area (Å²) in [6.07, 6.45) is 1.99. The molecule has 0 bridgehead atoms. The van der Waals surface area contributed by atoms with E-state index in [9.17, 15) is 15.0 Å². The van der Waals surface area contributed by atoms with Crippen molar-refractivity contribution in [3.63, 3.8) is 0 Å². The summed E-state index contributed by atoms with van der Waals surface area (Å²) in [6, 6.07) is 3.72. The summed E-state index contributed by atoms with van der Waals surface area (Å²) in [5, 5.41) is 21.5. The monoisotopic (exact) mass is 251 g/mol. The van der Waals surface area contributed by atoms with Crippen LogP contribution in [0.25, 0.3) is 0 Å². The standard InChI is InChI=1S/C13H17NO4/c1-8(12-3-2-4-18-12)14-13(17)9-5-10(15)7-11(16)6-9/h5-8,12,15-16H,2-4H2,1H3,(H,14,17). The number of aromatic hydroxyl groups is 2. The molecule has 5 heteroatoms. The quantitative estimate of drug-likeness (QED) is 0.758. The highest BCUT2D eigenvalue weighted by Crippen LogP contribution is 2.21. The van der Waals surface area contributed by atoms with Gasteiger partial charge in [0, 0.05) is 18.2 Å². The minimum Gasteiger partial charge on any atom is -0.508 e. The van der Waals surface area contributed by atoms with E-state index in [1.165, 1.54) is 18.2 Å². The molecular weight excluding hydrogens is 234 g/mol. The fourth-order valence-corrected chi connectivity index (χ4v) is 2.11. The van der Waals surface area contributed by atoms with Crippen LogP contribution in [0, 0.1) is 0 Å². The van der Waals surface area contributed by atoms with Crippen LogP contribution in [0.5, 0.6) is 11.5 Å². The van der Waals surface area contributed by atoms with Gasteiger partial charge in [-0.15, -0.1) is 0 Å². The molecular formula is C13H17NO4. The van der Waals surface area contributed by atoms with Crippen molar-refractivity contribution >= 4 is 5.91 Å². The summed E-state index contributed by atoms with van der Waals surface area (Å²) in [6.45, 7) is 2.62. The summed E-state index contributed by atoms with van der Waals surface area (Å²) in [5.41, 5.74) is 0.234. The number of ether oxygens (including phenoxy) is 1. The number of carbonyl (C=O) groups excluding carboxylic acids is 1. The average Bonchev–Trinajstić information content (AvgIpc) is 2.80. The molecule has 1 heterocycles. The molecule has 18 heavy (non-hydrogen) atoms. The van der Waals surface area contributed by atoms with E-state index >= 15 is 0 Å². The number of benzene rings is 1. The third kappa shape index (κ3) is 2.92. The van der Waals surface area contributed by atoms with Crippen LogP contribution in [0.2, 0.25) is 0 Å². The molecule has 2 unspecified atom stereocenters. The maximum atomic E-state index is 11.9. The van der Waals surface area contributed by atoms with Crippen molar-refractivity contribution in [3.05, 3.63) is 23.8 Å². The maximum absolute atomic E-state index is 11.9. The summed E-state index contributed by atoms with van der Waals surface area (Å²) >= 11 is 0. The molecule has 1 saturated heterocycles. The van der Waals surface area contributed by atoms with Crippen LogP contribution in [0.1, 0.15) is 30.1 Å². The summed E-state index contributed by atoms with van der Waals surface area (Å²) < 4.78 is 5.49. The number of hydrogen-bond donors (Lipinski definition) is 3. The Morgan fingerprint density at radius 2 is 2.06 bits per heavy atom. The van der Waals surface area contributed by atoms with Crippen molar-refractivity contribution in [1.29, 1.82) is 0 Å². The molecule has 0 spiro atoms. The van der Waals surface area contributed by atoms with Gasteiger partial charge >= 0.3 is 0 Å². The van der Waals surface area contributed by atoms with Crippen LogP contribution in [-0.2, 0) is 4.74 Å². The molecule has 0 radical (unpaired) electrons. The molecule has 2 rings (SSSR count). The molecule has 0 aliphatic carbocycles. The lowest BCUT2D eigenvalue weighted by Crippen LogP contribution is -2.40. The number of amides is 1. The minimum atomic E-state index is -0.329. The highest BCUT2D eigenvalue weighted by atomic mass is 16.5. The van der Waals surface area contributed by atoms with Crippen molar-refractivity contribution in [2.45, 2.75) is 31.9 Å².